The fourth-order valence-corrected chi connectivity index (χ4v) is 2.71. The Morgan fingerprint density at radius 3 is 2.48 bits per heavy atom. The van der Waals surface area contributed by atoms with E-state index in [9.17, 15) is 13.2 Å². The average molecular weight is 447 g/mol. The Morgan fingerprint density at radius 2 is 1.87 bits per heavy atom. The van der Waals surface area contributed by atoms with Crippen LogP contribution in [0.4, 0.5) is 19.0 Å². The van der Waals surface area contributed by atoms with Crippen LogP contribution in [0.1, 0.15) is 11.1 Å². The lowest BCUT2D eigenvalue weighted by Crippen LogP contribution is -2.06. The van der Waals surface area contributed by atoms with Crippen LogP contribution in [0.5, 0.6) is 0 Å². The topological polar surface area (TPSA) is 37.3 Å². The summed E-state index contributed by atoms with van der Waals surface area (Å²) in [6.07, 6.45) is -2.51. The van der Waals surface area contributed by atoms with Crippen molar-refractivity contribution in [3.8, 4) is 0 Å². The maximum Gasteiger partial charge on any atom is 0.417 e. The monoisotopic (exact) mass is 445 g/mol. The Bertz CT molecular complexity index is 766. The van der Waals surface area contributed by atoms with Gasteiger partial charge in [0.05, 0.1) is 21.8 Å². The van der Waals surface area contributed by atoms with Crippen molar-refractivity contribution >= 4 is 62.8 Å². The minimum absolute atomic E-state index is 0.0202. The Morgan fingerprint density at radius 1 is 1.17 bits per heavy atom. The van der Waals surface area contributed by atoms with Crippen molar-refractivity contribution in [2.45, 2.75) is 6.18 Å². The number of anilines is 1. The van der Waals surface area contributed by atoms with E-state index in [1.54, 1.807) is 12.1 Å². The Kier molecular flexibility index (Phi) is 5.78. The van der Waals surface area contributed by atoms with Gasteiger partial charge in [-0.1, -0.05) is 34.8 Å². The fraction of sp³-hybridized carbons (Fsp3) is 0.0769. The smallest absolute Gasteiger partial charge is 0.260 e. The molecule has 1 aromatic carbocycles. The van der Waals surface area contributed by atoms with Gasteiger partial charge in [-0.25, -0.2) is 4.98 Å². The summed E-state index contributed by atoms with van der Waals surface area (Å²) in [7, 11) is 0. The number of hydrazone groups is 1. The van der Waals surface area contributed by atoms with E-state index < -0.39 is 11.7 Å². The van der Waals surface area contributed by atoms with Crippen molar-refractivity contribution < 1.29 is 13.2 Å². The largest absolute Gasteiger partial charge is 0.417 e. The molecule has 1 N–H and O–H groups in total. The zero-order chi connectivity index (χ0) is 17.2. The van der Waals surface area contributed by atoms with Gasteiger partial charge in [0, 0.05) is 21.3 Å². The average Bonchev–Trinajstić information content (AvgIpc) is 2.44. The van der Waals surface area contributed by atoms with Crippen LogP contribution >= 0.6 is 50.7 Å². The van der Waals surface area contributed by atoms with E-state index in [4.69, 9.17) is 34.8 Å². The van der Waals surface area contributed by atoms with Crippen LogP contribution in [0.3, 0.4) is 0 Å². The van der Waals surface area contributed by atoms with E-state index in [0.717, 1.165) is 6.07 Å². The van der Waals surface area contributed by atoms with E-state index in [2.05, 4.69) is 31.4 Å². The van der Waals surface area contributed by atoms with Crippen molar-refractivity contribution in [2.75, 3.05) is 5.43 Å². The summed E-state index contributed by atoms with van der Waals surface area (Å²) in [5.74, 6) is -0.0202. The van der Waals surface area contributed by atoms with E-state index in [1.807, 2.05) is 0 Å². The van der Waals surface area contributed by atoms with Gasteiger partial charge in [-0.2, -0.15) is 18.3 Å². The maximum atomic E-state index is 12.5. The molecular formula is C13H6BrCl3F3N3. The third-order valence-electron chi connectivity index (χ3n) is 2.56. The number of rotatable bonds is 3. The molecule has 0 spiro atoms. The first-order valence-corrected chi connectivity index (χ1v) is 7.77. The van der Waals surface area contributed by atoms with Gasteiger partial charge in [0.15, 0.2) is 5.82 Å². The molecule has 0 radical (unpaired) electrons. The summed E-state index contributed by atoms with van der Waals surface area (Å²) in [6.45, 7) is 0. The Labute approximate surface area is 152 Å². The molecule has 0 fully saturated rings. The second-order valence-electron chi connectivity index (χ2n) is 4.21. The molecule has 3 nitrogen and oxygen atoms in total. The quantitative estimate of drug-likeness (QED) is 0.342. The molecule has 0 bridgehead atoms. The molecule has 2 rings (SSSR count). The lowest BCUT2D eigenvalue weighted by atomic mass is 10.2. The minimum atomic E-state index is -4.51. The summed E-state index contributed by atoms with van der Waals surface area (Å²) in [5, 5.41) is 4.45. The first-order chi connectivity index (χ1) is 10.7. The number of pyridine rings is 1. The number of alkyl halides is 3. The van der Waals surface area contributed by atoms with Crippen LogP contribution < -0.4 is 5.43 Å². The van der Waals surface area contributed by atoms with Gasteiger partial charge in [-0.15, -0.1) is 0 Å². The van der Waals surface area contributed by atoms with Crippen LogP contribution in [0.15, 0.2) is 34.0 Å². The highest BCUT2D eigenvalue weighted by Crippen LogP contribution is 2.32. The van der Waals surface area contributed by atoms with Crippen LogP contribution in [0, 0.1) is 0 Å². The van der Waals surface area contributed by atoms with Crippen LogP contribution in [0.25, 0.3) is 0 Å². The molecule has 0 atom stereocenters. The highest BCUT2D eigenvalue weighted by molar-refractivity contribution is 9.10. The Hall–Kier alpha value is -1.02. The molecule has 0 saturated heterocycles. The number of nitrogens with one attached hydrogen (secondary N) is 1. The van der Waals surface area contributed by atoms with Gasteiger partial charge in [-0.05, 0) is 34.1 Å². The second-order valence-corrected chi connectivity index (χ2v) is 6.29. The number of aromatic nitrogens is 1. The molecule has 122 valence electrons. The maximum absolute atomic E-state index is 12.5. The molecule has 0 aliphatic heterocycles. The van der Waals surface area contributed by atoms with E-state index >= 15 is 0 Å². The van der Waals surface area contributed by atoms with Gasteiger partial charge in [0.1, 0.15) is 0 Å². The molecule has 0 saturated carbocycles. The number of halogens is 7. The predicted octanol–water partition coefficient (Wildman–Crippen LogP) is 6.27. The Balaban J connectivity index is 2.18. The second kappa shape index (κ2) is 7.25. The van der Waals surface area contributed by atoms with Gasteiger partial charge in [0.2, 0.25) is 0 Å². The number of hydrogen-bond donors (Lipinski definition) is 1. The van der Waals surface area contributed by atoms with E-state index in [0.29, 0.717) is 26.3 Å². The predicted molar refractivity (Wildman–Crippen MR) is 89.6 cm³/mol. The summed E-state index contributed by atoms with van der Waals surface area (Å²) < 4.78 is 38.1. The lowest BCUT2D eigenvalue weighted by Gasteiger charge is -2.08. The zero-order valence-corrected chi connectivity index (χ0v) is 14.8. The summed E-state index contributed by atoms with van der Waals surface area (Å²) in [6, 6.07) is 3.94. The van der Waals surface area contributed by atoms with Gasteiger partial charge in [0.25, 0.3) is 0 Å². The van der Waals surface area contributed by atoms with Crippen molar-refractivity contribution in [1.29, 1.82) is 0 Å². The number of hydrogen-bond acceptors (Lipinski definition) is 3. The van der Waals surface area contributed by atoms with E-state index in [-0.39, 0.29) is 10.8 Å². The van der Waals surface area contributed by atoms with Crippen molar-refractivity contribution in [3.05, 3.63) is 55.1 Å². The molecule has 10 heteroatoms. The van der Waals surface area contributed by atoms with Crippen molar-refractivity contribution in [2.24, 2.45) is 5.10 Å². The molecule has 0 unspecified atom stereocenters. The molecule has 1 heterocycles. The van der Waals surface area contributed by atoms with Gasteiger partial charge in [-0.3, -0.25) is 5.43 Å². The molecule has 0 aliphatic rings. The molecule has 0 aliphatic carbocycles. The number of nitrogens with zero attached hydrogens (tertiary/aromatic N) is 2. The van der Waals surface area contributed by atoms with E-state index in [1.165, 1.54) is 6.21 Å². The lowest BCUT2D eigenvalue weighted by molar-refractivity contribution is -0.137. The first-order valence-electron chi connectivity index (χ1n) is 5.85. The number of benzene rings is 1. The normalized spacial score (nSPS) is 12.0. The molecule has 23 heavy (non-hydrogen) atoms. The molecular weight excluding hydrogens is 441 g/mol. The summed E-state index contributed by atoms with van der Waals surface area (Å²) in [5.41, 5.74) is 2.00. The first kappa shape index (κ1) is 18.3. The third kappa shape index (κ3) is 4.73. The molecule has 0 amide bonds. The van der Waals surface area contributed by atoms with Gasteiger partial charge >= 0.3 is 6.18 Å². The molecule has 2 aromatic rings. The van der Waals surface area contributed by atoms with Crippen LogP contribution in [-0.2, 0) is 6.18 Å². The third-order valence-corrected chi connectivity index (χ3v) is 4.35. The molecule has 1 aromatic heterocycles. The van der Waals surface area contributed by atoms with Gasteiger partial charge < -0.3 is 0 Å². The SMILES string of the molecule is FC(F)(F)c1cnc(N/N=C/c2cc(Cl)cc(Br)c2Cl)c(Cl)c1. The minimum Gasteiger partial charge on any atom is -0.260 e. The highest BCUT2D eigenvalue weighted by atomic mass is 79.9. The summed E-state index contributed by atoms with van der Waals surface area (Å²) in [4.78, 5) is 3.59. The van der Waals surface area contributed by atoms with Crippen LogP contribution in [-0.4, -0.2) is 11.2 Å². The summed E-state index contributed by atoms with van der Waals surface area (Å²) >= 11 is 20.9. The van der Waals surface area contributed by atoms with Crippen molar-refractivity contribution in [1.82, 2.24) is 4.98 Å². The zero-order valence-electron chi connectivity index (χ0n) is 10.9. The van der Waals surface area contributed by atoms with Crippen LogP contribution in [0.2, 0.25) is 15.1 Å². The highest BCUT2D eigenvalue weighted by Gasteiger charge is 2.31. The standard InChI is InChI=1S/C13H6BrCl3F3N3/c14-9-3-8(15)1-6(11(9)17)4-22-23-12-10(16)2-7(5-21-12)13(18,19)20/h1-5H,(H,21,23)/b22-4+. The van der Waals surface area contributed by atoms with Crippen molar-refractivity contribution in [3.63, 3.8) is 0 Å². The fourth-order valence-electron chi connectivity index (χ4n) is 1.51.